The highest BCUT2D eigenvalue weighted by Gasteiger charge is 2.54. The highest BCUT2D eigenvalue weighted by atomic mass is 19.4. The predicted molar refractivity (Wildman–Crippen MR) is 116 cm³/mol. The summed E-state index contributed by atoms with van der Waals surface area (Å²) in [6.45, 7) is 4.15. The third-order valence-electron chi connectivity index (χ3n) is 7.11. The first-order valence-corrected chi connectivity index (χ1v) is 11.6. The van der Waals surface area contributed by atoms with Gasteiger partial charge in [0.15, 0.2) is 0 Å². The van der Waals surface area contributed by atoms with Gasteiger partial charge in [-0.1, -0.05) is 13.0 Å². The molecule has 0 radical (unpaired) electrons. The Kier molecular flexibility index (Phi) is 6.61. The maximum absolute atomic E-state index is 13.2. The van der Waals surface area contributed by atoms with Crippen molar-refractivity contribution in [2.24, 2.45) is 16.3 Å². The highest BCUT2D eigenvalue weighted by Crippen LogP contribution is 2.53. The van der Waals surface area contributed by atoms with Gasteiger partial charge in [0.05, 0.1) is 12.1 Å². The maximum atomic E-state index is 13.2. The third kappa shape index (κ3) is 5.12. The molecule has 4 rings (SSSR count). The summed E-state index contributed by atoms with van der Waals surface area (Å²) in [5, 5.41) is 5.39. The van der Waals surface area contributed by atoms with Gasteiger partial charge in [-0.3, -0.25) is 9.79 Å². The molecule has 3 aliphatic heterocycles. The molecular weight excluding hydrogens is 439 g/mol. The number of amidine groups is 1. The molecule has 1 spiro atoms. The van der Waals surface area contributed by atoms with E-state index in [1.807, 2.05) is 4.90 Å². The number of nitrogens with zero attached hydrogens (tertiary/aromatic N) is 3. The number of alkyl halides is 3. The minimum absolute atomic E-state index is 0.0145. The van der Waals surface area contributed by atoms with Crippen LogP contribution in [0.25, 0.3) is 0 Å². The van der Waals surface area contributed by atoms with Crippen LogP contribution in [0.2, 0.25) is 0 Å². The zero-order valence-corrected chi connectivity index (χ0v) is 19.1. The van der Waals surface area contributed by atoms with Crippen molar-refractivity contribution in [3.63, 3.8) is 0 Å². The van der Waals surface area contributed by atoms with Crippen molar-refractivity contribution >= 4 is 17.8 Å². The first-order valence-electron chi connectivity index (χ1n) is 11.6. The number of halogens is 3. The van der Waals surface area contributed by atoms with Crippen LogP contribution in [0.3, 0.4) is 0 Å². The van der Waals surface area contributed by atoms with Crippen LogP contribution in [0.5, 0.6) is 0 Å². The van der Waals surface area contributed by atoms with Gasteiger partial charge in [0, 0.05) is 45.1 Å². The number of allylic oxidation sites excluding steroid dienone is 2. The number of likely N-dealkylation sites (tertiary alicyclic amines) is 2. The third-order valence-corrected chi connectivity index (χ3v) is 7.11. The second-order valence-corrected chi connectivity index (χ2v) is 9.69. The fraction of sp³-hybridized carbons (Fsp3) is 0.773. The molecule has 0 bridgehead atoms. The fourth-order valence-corrected chi connectivity index (χ4v) is 5.61. The smallest absolute Gasteiger partial charge is 0.366 e. The Balaban J connectivity index is 1.22. The molecule has 3 saturated heterocycles. The van der Waals surface area contributed by atoms with Gasteiger partial charge >= 0.3 is 12.2 Å². The molecule has 0 aromatic carbocycles. The van der Waals surface area contributed by atoms with E-state index < -0.39 is 11.9 Å². The van der Waals surface area contributed by atoms with Crippen molar-refractivity contribution in [1.82, 2.24) is 20.4 Å². The molecule has 3 amide bonds. The van der Waals surface area contributed by atoms with E-state index in [4.69, 9.17) is 4.74 Å². The van der Waals surface area contributed by atoms with Crippen LogP contribution in [0, 0.1) is 11.3 Å². The van der Waals surface area contributed by atoms with E-state index in [0.29, 0.717) is 44.9 Å². The molecule has 0 unspecified atom stereocenters. The zero-order chi connectivity index (χ0) is 23.8. The molecule has 33 heavy (non-hydrogen) atoms. The minimum Gasteiger partial charge on any atom is -0.366 e. The first-order chi connectivity index (χ1) is 15.6. The number of fused-ring (bicyclic) bond motifs is 1. The van der Waals surface area contributed by atoms with Crippen LogP contribution >= 0.6 is 0 Å². The van der Waals surface area contributed by atoms with Crippen LogP contribution in [0.4, 0.5) is 18.0 Å². The predicted octanol–water partition coefficient (Wildman–Crippen LogP) is 2.27. The van der Waals surface area contributed by atoms with Crippen molar-refractivity contribution in [3.05, 3.63) is 11.8 Å². The Hall–Kier alpha value is -2.30. The van der Waals surface area contributed by atoms with Gasteiger partial charge in [-0.05, 0) is 31.6 Å². The summed E-state index contributed by atoms with van der Waals surface area (Å²) in [5.74, 6) is 0.458. The Morgan fingerprint density at radius 3 is 2.70 bits per heavy atom. The summed E-state index contributed by atoms with van der Waals surface area (Å²) >= 11 is 0. The molecule has 11 heteroatoms. The molecule has 2 N–H and O–H groups in total. The minimum atomic E-state index is -4.43. The van der Waals surface area contributed by atoms with Crippen molar-refractivity contribution in [2.45, 2.75) is 57.3 Å². The van der Waals surface area contributed by atoms with Crippen LogP contribution in [-0.4, -0.2) is 85.7 Å². The van der Waals surface area contributed by atoms with Gasteiger partial charge < -0.3 is 25.2 Å². The number of hydrogen-bond acceptors (Lipinski definition) is 4. The Bertz CT molecular complexity index is 830. The molecule has 0 aromatic heterocycles. The largest absolute Gasteiger partial charge is 0.430 e. The Labute approximate surface area is 191 Å². The zero-order valence-electron chi connectivity index (χ0n) is 19.1. The molecular formula is C22H32F3N5O3. The number of carbonyl (C=O) groups excluding carboxylic acids is 2. The number of amides is 3. The number of rotatable bonds is 4. The molecule has 4 fully saturated rings. The topological polar surface area (TPSA) is 86.3 Å². The molecule has 1 aliphatic carbocycles. The molecule has 1 saturated carbocycles. The molecule has 4 aliphatic rings. The van der Waals surface area contributed by atoms with E-state index in [0.717, 1.165) is 18.9 Å². The summed E-state index contributed by atoms with van der Waals surface area (Å²) < 4.78 is 45.0. The summed E-state index contributed by atoms with van der Waals surface area (Å²) in [4.78, 5) is 32.1. The molecule has 184 valence electrons. The molecule has 0 aromatic rings. The van der Waals surface area contributed by atoms with Gasteiger partial charge in [-0.15, -0.1) is 0 Å². The average molecular weight is 472 g/mol. The van der Waals surface area contributed by atoms with Crippen molar-refractivity contribution in [1.29, 1.82) is 0 Å². The second-order valence-electron chi connectivity index (χ2n) is 9.69. The average Bonchev–Trinajstić information content (AvgIpc) is 2.71. The summed E-state index contributed by atoms with van der Waals surface area (Å²) in [6, 6.07) is -0.172. The normalized spacial score (nSPS) is 28.1. The lowest BCUT2D eigenvalue weighted by Crippen LogP contribution is -2.68. The van der Waals surface area contributed by atoms with Crippen LogP contribution < -0.4 is 10.6 Å². The van der Waals surface area contributed by atoms with Gasteiger partial charge in [-0.2, -0.15) is 13.2 Å². The number of nitrogens with one attached hydrogen (secondary N) is 2. The number of morpholine rings is 1. The Morgan fingerprint density at radius 1 is 1.33 bits per heavy atom. The van der Waals surface area contributed by atoms with Crippen molar-refractivity contribution in [2.75, 3.05) is 39.8 Å². The lowest BCUT2D eigenvalue weighted by atomic mass is 9.57. The van der Waals surface area contributed by atoms with E-state index in [2.05, 4.69) is 15.6 Å². The summed E-state index contributed by atoms with van der Waals surface area (Å²) in [5.41, 5.74) is -0.686. The summed E-state index contributed by atoms with van der Waals surface area (Å²) in [7, 11) is 1.50. The van der Waals surface area contributed by atoms with Crippen molar-refractivity contribution in [3.8, 4) is 0 Å². The fourth-order valence-electron chi connectivity index (χ4n) is 5.61. The number of ether oxygens (including phenoxy) is 1. The van der Waals surface area contributed by atoms with Gasteiger partial charge in [-0.25, -0.2) is 4.79 Å². The first kappa shape index (κ1) is 23.8. The number of carbonyl (C=O) groups is 2. The van der Waals surface area contributed by atoms with Gasteiger partial charge in [0.25, 0.3) is 0 Å². The van der Waals surface area contributed by atoms with Crippen molar-refractivity contribution < 1.29 is 27.5 Å². The van der Waals surface area contributed by atoms with Gasteiger partial charge in [0.1, 0.15) is 18.1 Å². The number of urea groups is 1. The van der Waals surface area contributed by atoms with E-state index >= 15 is 0 Å². The SMILES string of the molecule is CC/C=C(/NC(CC1CC2(C1)CN(C(=O)N1CC[C@@H]3OCC(=O)N[C@@H]3C1)C2)=NC)C(F)(F)F. The van der Waals surface area contributed by atoms with Crippen LogP contribution in [0.15, 0.2) is 16.8 Å². The Morgan fingerprint density at radius 2 is 2.06 bits per heavy atom. The standard InChI is InChI=1S/C22H32F3N5O3/c1-3-4-17(22(23,24)25)28-18(26-2)7-14-8-21(9-14)12-30(13-21)20(32)29-6-5-16-15(10-29)27-19(31)11-33-16/h4,14-16H,3,5-13H2,1-2H3,(H,26,28)(H,27,31)/b17-4+/t15-,16+/m1/s1. The maximum Gasteiger partial charge on any atom is 0.430 e. The molecule has 8 nitrogen and oxygen atoms in total. The van der Waals surface area contributed by atoms with Crippen LogP contribution in [0.1, 0.15) is 39.0 Å². The highest BCUT2D eigenvalue weighted by molar-refractivity contribution is 5.84. The molecule has 3 heterocycles. The number of aliphatic imine (C=N–C) groups is 1. The monoisotopic (exact) mass is 471 g/mol. The van der Waals surface area contributed by atoms with Gasteiger partial charge in [0.2, 0.25) is 5.91 Å². The number of hydrogen-bond donors (Lipinski definition) is 2. The quantitative estimate of drug-likeness (QED) is 0.487. The second kappa shape index (κ2) is 9.15. The lowest BCUT2D eigenvalue weighted by molar-refractivity contribution is -0.140. The number of piperidine rings is 1. The summed E-state index contributed by atoms with van der Waals surface area (Å²) in [6.07, 6.45) is -0.105. The van der Waals surface area contributed by atoms with E-state index in [1.54, 1.807) is 11.8 Å². The van der Waals surface area contributed by atoms with E-state index in [-0.39, 0.29) is 48.4 Å². The lowest BCUT2D eigenvalue weighted by Gasteiger charge is -2.60. The van der Waals surface area contributed by atoms with E-state index in [1.165, 1.54) is 7.05 Å². The van der Waals surface area contributed by atoms with Crippen LogP contribution in [-0.2, 0) is 9.53 Å². The molecule has 2 atom stereocenters. The van der Waals surface area contributed by atoms with E-state index in [9.17, 15) is 22.8 Å².